The summed E-state index contributed by atoms with van der Waals surface area (Å²) < 4.78 is 42.1. The number of rotatable bonds is 4. The second-order valence-electron chi connectivity index (χ2n) is 4.56. The highest BCUT2D eigenvalue weighted by atomic mass is 32.2. The van der Waals surface area contributed by atoms with Gasteiger partial charge in [-0.3, -0.25) is 5.87 Å². The van der Waals surface area contributed by atoms with Crippen LogP contribution in [0.1, 0.15) is 5.56 Å². The highest BCUT2D eigenvalue weighted by Gasteiger charge is 2.20. The van der Waals surface area contributed by atoms with Crippen LogP contribution in [0, 0.1) is 5.82 Å². The first kappa shape index (κ1) is 16.0. The van der Waals surface area contributed by atoms with E-state index >= 15 is 0 Å². The van der Waals surface area contributed by atoms with Crippen LogP contribution in [-0.2, 0) is 16.4 Å². The van der Waals surface area contributed by atoms with E-state index in [9.17, 15) is 12.8 Å². The molecule has 2 rings (SSSR count). The Hall–Kier alpha value is -2.34. The maximum absolute atomic E-state index is 13.9. The fourth-order valence-electron chi connectivity index (χ4n) is 1.93. The van der Waals surface area contributed by atoms with Gasteiger partial charge in [-0.15, -0.1) is 0 Å². The molecule has 0 amide bonds. The number of sulfonamides is 1. The van der Waals surface area contributed by atoms with Gasteiger partial charge in [0, 0.05) is 12.0 Å². The van der Waals surface area contributed by atoms with E-state index in [0.717, 1.165) is 6.07 Å². The van der Waals surface area contributed by atoms with Crippen molar-refractivity contribution in [3.63, 3.8) is 0 Å². The molecule has 0 aromatic heterocycles. The normalized spacial score (nSPS) is 16.1. The van der Waals surface area contributed by atoms with E-state index in [1.54, 1.807) is 12.2 Å². The number of hydrogen-bond acceptors (Lipinski definition) is 2. The first-order valence-corrected chi connectivity index (χ1v) is 7.97. The van der Waals surface area contributed by atoms with Crippen molar-refractivity contribution in [2.45, 2.75) is 11.3 Å². The van der Waals surface area contributed by atoms with E-state index in [4.69, 9.17) is 5.41 Å². The Balaban J connectivity index is 2.51. The highest BCUT2D eigenvalue weighted by molar-refractivity contribution is 7.90. The lowest BCUT2D eigenvalue weighted by atomic mass is 10.1. The van der Waals surface area contributed by atoms with Crippen LogP contribution in [0.5, 0.6) is 0 Å². The van der Waals surface area contributed by atoms with Gasteiger partial charge >= 0.3 is 0 Å². The molecular weight excluding hydrogens is 305 g/mol. The molecule has 0 radical (unpaired) electrons. The fraction of sp³-hybridized carbons (Fsp3) is 0.133. The second-order valence-corrected chi connectivity index (χ2v) is 6.14. The Bertz CT molecular complexity index is 832. The third-order valence-corrected chi connectivity index (χ3v) is 4.29. The maximum atomic E-state index is 13.9. The van der Waals surface area contributed by atoms with Crippen LogP contribution in [0.4, 0.5) is 4.39 Å². The lowest BCUT2D eigenvalue weighted by Gasteiger charge is -2.08. The van der Waals surface area contributed by atoms with Crippen molar-refractivity contribution in [3.05, 3.63) is 64.9 Å². The van der Waals surface area contributed by atoms with E-state index in [2.05, 4.69) is 10.1 Å². The molecule has 0 saturated carbocycles. The van der Waals surface area contributed by atoms with Gasteiger partial charge in [0.1, 0.15) is 10.7 Å². The third-order valence-electron chi connectivity index (χ3n) is 2.98. The predicted octanol–water partition coefficient (Wildman–Crippen LogP) is 1.03. The van der Waals surface area contributed by atoms with Crippen molar-refractivity contribution in [2.24, 2.45) is 4.40 Å². The number of quaternary nitrogens is 1. The van der Waals surface area contributed by atoms with Gasteiger partial charge in [0.25, 0.3) is 10.0 Å². The van der Waals surface area contributed by atoms with Crippen LogP contribution in [0.2, 0.25) is 0 Å². The van der Waals surface area contributed by atoms with E-state index in [-0.39, 0.29) is 11.3 Å². The van der Waals surface area contributed by atoms with Gasteiger partial charge in [0.2, 0.25) is 0 Å². The lowest BCUT2D eigenvalue weighted by molar-refractivity contribution is -0.366. The topological polar surface area (TPSA) is 96.4 Å². The molecule has 7 heteroatoms. The molecule has 0 bridgehead atoms. The highest BCUT2D eigenvalue weighted by Crippen LogP contribution is 2.20. The zero-order valence-electron chi connectivity index (χ0n) is 11.7. The minimum Gasteiger partial charge on any atom is -0.763 e. The molecular formula is C15H14FN3O2S. The van der Waals surface area contributed by atoms with Gasteiger partial charge in [0.15, 0.2) is 0 Å². The molecule has 3 N–H and O–H groups in total. The van der Waals surface area contributed by atoms with Crippen molar-refractivity contribution in [3.8, 4) is 0 Å². The van der Waals surface area contributed by atoms with Crippen molar-refractivity contribution in [1.82, 2.24) is 0 Å². The second kappa shape index (κ2) is 6.62. The van der Waals surface area contributed by atoms with Gasteiger partial charge in [-0.25, -0.2) is 4.39 Å². The summed E-state index contributed by atoms with van der Waals surface area (Å²) in [5.41, 5.74) is 4.45. The molecule has 5 nitrogen and oxygen atoms in total. The minimum atomic E-state index is -4.24. The Morgan fingerprint density at radius 2 is 2.00 bits per heavy atom. The summed E-state index contributed by atoms with van der Waals surface area (Å²) >= 11 is 0. The number of allylic oxidation sites excluding steroid dienone is 5. The quantitative estimate of drug-likeness (QED) is 0.839. The van der Waals surface area contributed by atoms with Crippen LogP contribution in [0.25, 0.3) is 5.41 Å². The third kappa shape index (κ3) is 3.46. The number of hydrogen-bond donors (Lipinski definition) is 1. The Morgan fingerprint density at radius 1 is 1.27 bits per heavy atom. The van der Waals surface area contributed by atoms with Gasteiger partial charge in [0.05, 0.1) is 12.3 Å². The predicted molar refractivity (Wildman–Crippen MR) is 82.6 cm³/mol. The average Bonchev–Trinajstić information content (AvgIpc) is 2.49. The minimum absolute atomic E-state index is 0.00744. The Labute approximate surface area is 127 Å². The summed E-state index contributed by atoms with van der Waals surface area (Å²) in [7, 11) is -4.24. The van der Waals surface area contributed by atoms with Crippen LogP contribution < -0.4 is 5.73 Å². The molecule has 1 aliphatic carbocycles. The average molecular weight is 319 g/mol. The molecule has 1 aliphatic rings. The molecule has 0 fully saturated rings. The zero-order chi connectivity index (χ0) is 16.2. The lowest BCUT2D eigenvalue weighted by Crippen LogP contribution is -2.51. The Kier molecular flexibility index (Phi) is 4.82. The maximum Gasteiger partial charge on any atom is 0.285 e. The van der Waals surface area contributed by atoms with Crippen LogP contribution in [0.15, 0.2) is 57.4 Å². The summed E-state index contributed by atoms with van der Waals surface area (Å²) in [5, 5.41) is 8.97. The smallest absolute Gasteiger partial charge is 0.285 e. The van der Waals surface area contributed by atoms with Crippen molar-refractivity contribution in [1.29, 1.82) is 0 Å². The molecule has 1 aromatic rings. The molecule has 0 aliphatic heterocycles. The van der Waals surface area contributed by atoms with Crippen LogP contribution in [-0.4, -0.2) is 26.5 Å². The number of nitrogens with zero attached hydrogens (tertiary/aromatic N) is 2. The van der Waals surface area contributed by atoms with E-state index in [1.807, 2.05) is 5.87 Å². The van der Waals surface area contributed by atoms with E-state index < -0.39 is 20.7 Å². The molecule has 22 heavy (non-hydrogen) atoms. The summed E-state index contributed by atoms with van der Waals surface area (Å²) in [6.07, 6.45) is 6.54. The molecule has 0 heterocycles. The first-order chi connectivity index (χ1) is 10.5. The monoisotopic (exact) mass is 319 g/mol. The van der Waals surface area contributed by atoms with Crippen LogP contribution in [0.3, 0.4) is 0 Å². The van der Waals surface area contributed by atoms with Crippen LogP contribution >= 0.6 is 0 Å². The summed E-state index contributed by atoms with van der Waals surface area (Å²) in [5.74, 6) is 0.986. The zero-order valence-corrected chi connectivity index (χ0v) is 12.5. The molecule has 0 spiro atoms. The fourth-order valence-corrected chi connectivity index (χ4v) is 3.06. The van der Waals surface area contributed by atoms with Crippen molar-refractivity contribution >= 4 is 21.6 Å². The summed E-state index contributed by atoms with van der Waals surface area (Å²) in [6.45, 7) is 0.569. The molecule has 0 saturated heterocycles. The molecule has 114 valence electrons. The number of halogens is 1. The first-order valence-electron chi connectivity index (χ1n) is 6.53. The van der Waals surface area contributed by atoms with Gasteiger partial charge in [-0.1, -0.05) is 18.2 Å². The van der Waals surface area contributed by atoms with E-state index in [0.29, 0.717) is 18.5 Å². The van der Waals surface area contributed by atoms with Crippen molar-refractivity contribution in [2.75, 3.05) is 6.54 Å². The summed E-state index contributed by atoms with van der Waals surface area (Å²) in [6, 6.07) is 3.88. The molecule has 1 aromatic carbocycles. The van der Waals surface area contributed by atoms with Gasteiger partial charge in [-0.2, -0.15) is 12.8 Å². The standard InChI is InChI=1S/C15H13FN3O2S/c16-13-6-5-11(7-8-17)9-15(13)22(20,21)19-14-4-2-1-3-12(14)10-18/h1-6,9H,7-8,17H2/q-1/p+1/b19-14-. The summed E-state index contributed by atoms with van der Waals surface area (Å²) in [4.78, 5) is -0.494. The van der Waals surface area contributed by atoms with E-state index in [1.165, 1.54) is 24.3 Å². The van der Waals surface area contributed by atoms with Gasteiger partial charge in [-0.05, 0) is 29.8 Å². The van der Waals surface area contributed by atoms with Gasteiger partial charge < -0.3 is 11.1 Å². The van der Waals surface area contributed by atoms with Crippen molar-refractivity contribution < 1.29 is 18.5 Å². The SMILES string of the molecule is [N-]=C=C1C=CC=C/C1=N/S(=O)(=O)c1cc(CC[NH3+])ccc1F. The molecule has 0 atom stereocenters. The molecule has 0 unspecified atom stereocenters. The Morgan fingerprint density at radius 3 is 2.68 bits per heavy atom. The number of benzene rings is 1. The largest absolute Gasteiger partial charge is 0.763 e.